The van der Waals surface area contributed by atoms with Crippen molar-refractivity contribution in [2.45, 2.75) is 31.9 Å². The van der Waals surface area contributed by atoms with Gasteiger partial charge in [-0.2, -0.15) is 0 Å². The predicted molar refractivity (Wildman–Crippen MR) is 113 cm³/mol. The highest BCUT2D eigenvalue weighted by molar-refractivity contribution is 6.10. The normalized spacial score (nSPS) is 17.8. The Labute approximate surface area is 174 Å². The minimum absolute atomic E-state index is 0.0236. The molecule has 152 valence electrons. The number of carbonyl (C=O) groups excluding carboxylic acids is 2. The number of ketones is 1. The van der Waals surface area contributed by atoms with Crippen LogP contribution in [0, 0.1) is 5.82 Å². The van der Waals surface area contributed by atoms with Crippen LogP contribution in [0.2, 0.25) is 0 Å². The average Bonchev–Trinajstić information content (AvgIpc) is 2.97. The van der Waals surface area contributed by atoms with Crippen molar-refractivity contribution in [3.8, 4) is 0 Å². The highest BCUT2D eigenvalue weighted by atomic mass is 19.1. The van der Waals surface area contributed by atoms with Crippen LogP contribution in [0.3, 0.4) is 0 Å². The third kappa shape index (κ3) is 3.42. The summed E-state index contributed by atoms with van der Waals surface area (Å²) in [5.74, 6) is -1.37. The van der Waals surface area contributed by atoms with Gasteiger partial charge in [-0.05, 0) is 24.1 Å². The number of halogens is 1. The lowest BCUT2D eigenvalue weighted by Crippen LogP contribution is -2.41. The minimum atomic E-state index is -1.98. The van der Waals surface area contributed by atoms with Crippen LogP contribution in [-0.2, 0) is 23.4 Å². The largest absolute Gasteiger partial charge is 0.375 e. The van der Waals surface area contributed by atoms with Crippen molar-refractivity contribution < 1.29 is 19.1 Å². The van der Waals surface area contributed by atoms with Gasteiger partial charge >= 0.3 is 0 Å². The van der Waals surface area contributed by atoms with Crippen LogP contribution < -0.4 is 4.90 Å². The summed E-state index contributed by atoms with van der Waals surface area (Å²) >= 11 is 0. The number of anilines is 1. The molecule has 1 aliphatic heterocycles. The number of nitrogens with zero attached hydrogens (tertiary/aromatic N) is 1. The third-order valence-electron chi connectivity index (χ3n) is 5.63. The molecule has 1 atom stereocenters. The summed E-state index contributed by atoms with van der Waals surface area (Å²) in [5.41, 5.74) is 0.753. The highest BCUT2D eigenvalue weighted by Gasteiger charge is 2.50. The zero-order valence-electron chi connectivity index (χ0n) is 16.6. The summed E-state index contributed by atoms with van der Waals surface area (Å²) in [6, 6.07) is 20.2. The predicted octanol–water partition coefficient (Wildman–Crippen LogP) is 4.40. The van der Waals surface area contributed by atoms with Gasteiger partial charge < -0.3 is 10.0 Å². The molecule has 0 unspecified atom stereocenters. The van der Waals surface area contributed by atoms with Crippen LogP contribution in [0.5, 0.6) is 0 Å². The Kier molecular flexibility index (Phi) is 5.22. The molecule has 0 saturated heterocycles. The van der Waals surface area contributed by atoms with Crippen LogP contribution in [0.1, 0.15) is 40.4 Å². The number of aryl methyl sites for hydroxylation is 1. The first kappa shape index (κ1) is 20.0. The smallest absolute Gasteiger partial charge is 0.264 e. The molecule has 1 heterocycles. The van der Waals surface area contributed by atoms with E-state index in [2.05, 4.69) is 0 Å². The van der Waals surface area contributed by atoms with E-state index in [4.69, 9.17) is 0 Å². The minimum Gasteiger partial charge on any atom is -0.375 e. The molecule has 0 saturated carbocycles. The van der Waals surface area contributed by atoms with E-state index in [1.165, 1.54) is 11.0 Å². The monoisotopic (exact) mass is 403 g/mol. The van der Waals surface area contributed by atoms with Gasteiger partial charge in [0.05, 0.1) is 18.7 Å². The van der Waals surface area contributed by atoms with Crippen molar-refractivity contribution in [1.29, 1.82) is 0 Å². The van der Waals surface area contributed by atoms with Gasteiger partial charge in [-0.1, -0.05) is 67.6 Å². The van der Waals surface area contributed by atoms with E-state index in [0.717, 1.165) is 12.0 Å². The zero-order chi connectivity index (χ0) is 21.3. The zero-order valence-corrected chi connectivity index (χ0v) is 16.6. The molecule has 0 radical (unpaired) electrons. The van der Waals surface area contributed by atoms with Gasteiger partial charge in [-0.25, -0.2) is 4.39 Å². The van der Waals surface area contributed by atoms with Gasteiger partial charge in [0.2, 0.25) is 0 Å². The van der Waals surface area contributed by atoms with Crippen molar-refractivity contribution in [3.63, 3.8) is 0 Å². The fourth-order valence-electron chi connectivity index (χ4n) is 3.89. The summed E-state index contributed by atoms with van der Waals surface area (Å²) in [4.78, 5) is 27.5. The van der Waals surface area contributed by atoms with Crippen molar-refractivity contribution in [1.82, 2.24) is 0 Å². The quantitative estimate of drug-likeness (QED) is 0.621. The number of hydrogen-bond acceptors (Lipinski definition) is 3. The topological polar surface area (TPSA) is 57.6 Å². The number of para-hydroxylation sites is 1. The van der Waals surface area contributed by atoms with Crippen LogP contribution in [-0.4, -0.2) is 16.8 Å². The summed E-state index contributed by atoms with van der Waals surface area (Å²) < 4.78 is 14.2. The molecule has 0 spiro atoms. The summed E-state index contributed by atoms with van der Waals surface area (Å²) in [6.45, 7) is 2.00. The second kappa shape index (κ2) is 7.84. The maximum atomic E-state index is 14.2. The second-order valence-corrected chi connectivity index (χ2v) is 7.51. The number of rotatable bonds is 6. The summed E-state index contributed by atoms with van der Waals surface area (Å²) in [7, 11) is 0. The SMILES string of the molecule is CCc1ccc(C(=O)C[C@]2(O)C(=O)N(Cc3ccccc3F)c3ccccc32)cc1. The molecular weight excluding hydrogens is 381 g/mol. The molecule has 30 heavy (non-hydrogen) atoms. The van der Waals surface area contributed by atoms with Crippen LogP contribution >= 0.6 is 0 Å². The third-order valence-corrected chi connectivity index (χ3v) is 5.63. The Hall–Kier alpha value is -3.31. The Morgan fingerprint density at radius 1 is 1.00 bits per heavy atom. The molecule has 4 nitrogen and oxygen atoms in total. The van der Waals surface area contributed by atoms with Crippen molar-refractivity contribution >= 4 is 17.4 Å². The molecule has 1 N–H and O–H groups in total. The first-order valence-electron chi connectivity index (χ1n) is 9.93. The second-order valence-electron chi connectivity index (χ2n) is 7.51. The van der Waals surface area contributed by atoms with E-state index < -0.39 is 17.3 Å². The lowest BCUT2D eigenvalue weighted by Gasteiger charge is -2.23. The van der Waals surface area contributed by atoms with Gasteiger partial charge in [-0.3, -0.25) is 9.59 Å². The molecule has 1 aliphatic rings. The van der Waals surface area contributed by atoms with E-state index in [1.54, 1.807) is 54.6 Å². The molecule has 0 aliphatic carbocycles. The first-order valence-corrected chi connectivity index (χ1v) is 9.93. The van der Waals surface area contributed by atoms with E-state index in [1.807, 2.05) is 19.1 Å². The number of amides is 1. The summed E-state index contributed by atoms with van der Waals surface area (Å²) in [5, 5.41) is 11.4. The molecule has 4 rings (SSSR count). The van der Waals surface area contributed by atoms with E-state index in [-0.39, 0.29) is 18.7 Å². The van der Waals surface area contributed by atoms with Gasteiger partial charge in [0.1, 0.15) is 5.82 Å². The number of Topliss-reactive ketones (excluding diaryl/α,β-unsaturated/α-hetero) is 1. The van der Waals surface area contributed by atoms with Gasteiger partial charge in [0.25, 0.3) is 5.91 Å². The number of carbonyl (C=O) groups is 2. The average molecular weight is 403 g/mol. The Balaban J connectivity index is 1.66. The van der Waals surface area contributed by atoms with Gasteiger partial charge in [0.15, 0.2) is 11.4 Å². The highest BCUT2D eigenvalue weighted by Crippen LogP contribution is 2.43. The van der Waals surface area contributed by atoms with E-state index >= 15 is 0 Å². The molecule has 3 aromatic carbocycles. The van der Waals surface area contributed by atoms with Gasteiger partial charge in [0, 0.05) is 16.7 Å². The maximum absolute atomic E-state index is 14.2. The fourth-order valence-corrected chi connectivity index (χ4v) is 3.89. The Morgan fingerprint density at radius 3 is 2.37 bits per heavy atom. The Morgan fingerprint density at radius 2 is 1.67 bits per heavy atom. The molecule has 1 amide bonds. The fraction of sp³-hybridized carbons (Fsp3) is 0.200. The first-order chi connectivity index (χ1) is 14.4. The van der Waals surface area contributed by atoms with Crippen LogP contribution in [0.15, 0.2) is 72.8 Å². The molecule has 5 heteroatoms. The number of fused-ring (bicyclic) bond motifs is 1. The van der Waals surface area contributed by atoms with Gasteiger partial charge in [-0.15, -0.1) is 0 Å². The lowest BCUT2D eigenvalue weighted by atomic mass is 9.88. The molecule has 3 aromatic rings. The molecular formula is C25H22FNO3. The van der Waals surface area contributed by atoms with Crippen LogP contribution in [0.4, 0.5) is 10.1 Å². The number of hydrogen-bond donors (Lipinski definition) is 1. The van der Waals surface area contributed by atoms with Crippen molar-refractivity contribution in [2.24, 2.45) is 0 Å². The Bertz CT molecular complexity index is 1110. The molecule has 0 aromatic heterocycles. The number of benzene rings is 3. The lowest BCUT2D eigenvalue weighted by molar-refractivity contribution is -0.136. The summed E-state index contributed by atoms with van der Waals surface area (Å²) in [6.07, 6.45) is 0.483. The van der Waals surface area contributed by atoms with E-state index in [9.17, 15) is 19.1 Å². The standard InChI is InChI=1S/C25H22FNO3/c1-2-17-11-13-18(14-12-17)23(28)15-25(30)20-8-4-6-10-22(20)27(24(25)29)16-19-7-3-5-9-21(19)26/h3-14,30H,2,15-16H2,1H3/t25-/m1/s1. The molecule has 0 bridgehead atoms. The maximum Gasteiger partial charge on any atom is 0.264 e. The van der Waals surface area contributed by atoms with Crippen molar-refractivity contribution in [3.05, 3.63) is 101 Å². The molecule has 0 fully saturated rings. The van der Waals surface area contributed by atoms with E-state index in [0.29, 0.717) is 22.4 Å². The number of aliphatic hydroxyl groups is 1. The van der Waals surface area contributed by atoms with Crippen LogP contribution in [0.25, 0.3) is 0 Å². The van der Waals surface area contributed by atoms with Crippen molar-refractivity contribution in [2.75, 3.05) is 4.90 Å².